The lowest BCUT2D eigenvalue weighted by Gasteiger charge is -2.32. The number of rotatable bonds is 7. The first-order valence-electron chi connectivity index (χ1n) is 11.9. The van der Waals surface area contributed by atoms with Gasteiger partial charge in [-0.1, -0.05) is 24.2 Å². The van der Waals surface area contributed by atoms with Gasteiger partial charge in [-0.05, 0) is 69.7 Å². The molecule has 0 unspecified atom stereocenters. The van der Waals surface area contributed by atoms with E-state index in [0.29, 0.717) is 41.5 Å². The third-order valence-electron chi connectivity index (χ3n) is 6.56. The van der Waals surface area contributed by atoms with Crippen molar-refractivity contribution in [3.05, 3.63) is 88.5 Å². The molecule has 3 aliphatic rings. The van der Waals surface area contributed by atoms with Crippen LogP contribution in [0.25, 0.3) is 22.6 Å². The van der Waals surface area contributed by atoms with E-state index in [1.807, 2.05) is 76.1 Å². The minimum absolute atomic E-state index is 0.117. The van der Waals surface area contributed by atoms with Crippen molar-refractivity contribution in [2.75, 3.05) is 6.61 Å². The number of ether oxygens (including phenoxy) is 2. The van der Waals surface area contributed by atoms with E-state index in [-0.39, 0.29) is 23.7 Å². The van der Waals surface area contributed by atoms with Crippen LogP contribution in [-0.2, 0) is 15.9 Å². The Hall–Kier alpha value is -3.62. The average Bonchev–Trinajstić information content (AvgIpc) is 3.05. The zero-order valence-electron chi connectivity index (χ0n) is 20.8. The van der Waals surface area contributed by atoms with Gasteiger partial charge in [-0.25, -0.2) is 4.98 Å². The number of fused-ring (bicyclic) bond motifs is 2. The lowest BCUT2D eigenvalue weighted by Crippen LogP contribution is -2.41. The van der Waals surface area contributed by atoms with Crippen molar-refractivity contribution in [1.29, 1.82) is 0 Å². The summed E-state index contributed by atoms with van der Waals surface area (Å²) in [5, 5.41) is 0. The Labute approximate surface area is 210 Å². The van der Waals surface area contributed by atoms with Crippen LogP contribution in [0.1, 0.15) is 33.3 Å². The number of benzene rings is 3. The smallest absolute Gasteiger partial charge is 0.486 e. The van der Waals surface area contributed by atoms with Gasteiger partial charge in [0.25, 0.3) is 0 Å². The van der Waals surface area contributed by atoms with Crippen LogP contribution in [0.15, 0.2) is 81.9 Å². The second kappa shape index (κ2) is 9.45. The zero-order valence-corrected chi connectivity index (χ0v) is 20.8. The summed E-state index contributed by atoms with van der Waals surface area (Å²) in [5.74, 6) is 3.75. The van der Waals surface area contributed by atoms with Crippen molar-refractivity contribution >= 4 is 18.2 Å². The highest BCUT2D eigenvalue weighted by atomic mass is 16.7. The lowest BCUT2D eigenvalue weighted by atomic mass is 9.90. The normalized spacial score (nSPS) is 16.7. The Balaban J connectivity index is 1.15. The largest absolute Gasteiger partial charge is 0.490 e. The molecule has 36 heavy (non-hydrogen) atoms. The van der Waals surface area contributed by atoms with Crippen molar-refractivity contribution in [3.63, 3.8) is 0 Å². The summed E-state index contributed by atoms with van der Waals surface area (Å²) >= 11 is 0. The Bertz CT molecular complexity index is 1410. The minimum Gasteiger partial charge on any atom is -0.490 e. The summed E-state index contributed by atoms with van der Waals surface area (Å²) in [6.45, 7) is 8.92. The molecule has 2 aliphatic heterocycles. The van der Waals surface area contributed by atoms with Crippen LogP contribution in [0.3, 0.4) is 0 Å². The third kappa shape index (κ3) is 5.15. The molecule has 0 spiro atoms. The van der Waals surface area contributed by atoms with Gasteiger partial charge in [-0.3, -0.25) is 4.79 Å². The molecule has 0 atom stereocenters. The predicted octanol–water partition coefficient (Wildman–Crippen LogP) is 5.44. The average molecular weight is 485 g/mol. The molecular formula is C28H28BNO6. The van der Waals surface area contributed by atoms with Crippen LogP contribution >= 0.6 is 0 Å². The van der Waals surface area contributed by atoms with E-state index in [0.717, 1.165) is 11.3 Å². The van der Waals surface area contributed by atoms with Gasteiger partial charge in [0.05, 0.1) is 11.2 Å². The third-order valence-corrected chi connectivity index (χ3v) is 6.56. The Kier molecular flexibility index (Phi) is 6.32. The molecule has 2 aromatic rings. The molecule has 0 radical (unpaired) electrons. The highest BCUT2D eigenvalue weighted by molar-refractivity contribution is 6.51. The molecule has 8 heteroatoms. The first-order chi connectivity index (χ1) is 17.2. The molecule has 0 N–H and O–H groups in total. The van der Waals surface area contributed by atoms with Crippen LogP contribution < -0.4 is 14.9 Å². The fourth-order valence-electron chi connectivity index (χ4n) is 3.80. The van der Waals surface area contributed by atoms with E-state index < -0.39 is 0 Å². The second-order valence-electron chi connectivity index (χ2n) is 9.77. The monoisotopic (exact) mass is 485 g/mol. The molecule has 1 fully saturated rings. The lowest BCUT2D eigenvalue weighted by molar-refractivity contribution is 0.00578. The molecule has 5 rings (SSSR count). The molecule has 1 aliphatic carbocycles. The van der Waals surface area contributed by atoms with Crippen LogP contribution in [0, 0.1) is 0 Å². The fourth-order valence-corrected chi connectivity index (χ4v) is 3.80. The van der Waals surface area contributed by atoms with E-state index in [1.165, 1.54) is 12.1 Å². The summed E-state index contributed by atoms with van der Waals surface area (Å²) < 4.78 is 29.5. The predicted molar refractivity (Wildman–Crippen MR) is 138 cm³/mol. The first-order valence-corrected chi connectivity index (χ1v) is 11.9. The molecule has 0 bridgehead atoms. The van der Waals surface area contributed by atoms with Gasteiger partial charge in [0.1, 0.15) is 35.9 Å². The van der Waals surface area contributed by atoms with E-state index in [1.54, 1.807) is 12.1 Å². The molecule has 7 nitrogen and oxygen atoms in total. The molecule has 0 aromatic heterocycles. The van der Waals surface area contributed by atoms with Crippen LogP contribution in [0.5, 0.6) is 11.5 Å². The van der Waals surface area contributed by atoms with E-state index >= 15 is 0 Å². The maximum atomic E-state index is 11.6. The first kappa shape index (κ1) is 24.1. The Morgan fingerprint density at radius 3 is 2.36 bits per heavy atom. The number of hydrogen-bond acceptors (Lipinski definition) is 7. The van der Waals surface area contributed by atoms with Gasteiger partial charge in [0.15, 0.2) is 16.8 Å². The minimum atomic E-state index is -0.375. The van der Waals surface area contributed by atoms with Crippen LogP contribution in [-0.4, -0.2) is 29.9 Å². The van der Waals surface area contributed by atoms with Crippen LogP contribution in [0.4, 0.5) is 0 Å². The van der Waals surface area contributed by atoms with E-state index in [9.17, 15) is 4.79 Å². The summed E-state index contributed by atoms with van der Waals surface area (Å²) in [4.78, 5) is 16.1. The molecule has 184 valence electrons. The SMILES string of the molecule is CC1(C)OB(/C=C/COc2ccc(COc3ccc4nc5ccc(=O)cc-5oc4c3)cc2)OC1(C)C. The molecule has 1 saturated heterocycles. The van der Waals surface area contributed by atoms with Gasteiger partial charge in [-0.2, -0.15) is 0 Å². The number of hydrogen-bond donors (Lipinski definition) is 0. The maximum absolute atomic E-state index is 11.6. The fraction of sp³-hybridized carbons (Fsp3) is 0.286. The standard InChI is InChI=1S/C28H28BNO6/c1-27(2)28(3,4)36-29(35-27)14-5-15-32-21-9-6-19(7-10-21)18-33-22-11-13-24-26(17-22)34-25-16-20(31)8-12-23(25)30-24/h5-14,16-17H,15,18H2,1-4H3/b14-5+. The van der Waals surface area contributed by atoms with E-state index in [4.69, 9.17) is 23.2 Å². The van der Waals surface area contributed by atoms with Crippen molar-refractivity contribution in [2.45, 2.75) is 45.5 Å². The van der Waals surface area contributed by atoms with E-state index in [2.05, 4.69) is 4.98 Å². The van der Waals surface area contributed by atoms with Crippen molar-refractivity contribution in [3.8, 4) is 23.0 Å². The zero-order chi connectivity index (χ0) is 25.3. The van der Waals surface area contributed by atoms with Gasteiger partial charge >= 0.3 is 7.12 Å². The van der Waals surface area contributed by atoms with Crippen molar-refractivity contribution < 1.29 is 23.2 Å². The van der Waals surface area contributed by atoms with Crippen molar-refractivity contribution in [2.24, 2.45) is 0 Å². The van der Waals surface area contributed by atoms with Gasteiger partial charge < -0.3 is 23.2 Å². The summed E-state index contributed by atoms with van der Waals surface area (Å²) in [6, 6.07) is 17.8. The molecule has 0 amide bonds. The Morgan fingerprint density at radius 2 is 1.61 bits per heavy atom. The molecule has 0 saturated carbocycles. The summed E-state index contributed by atoms with van der Waals surface area (Å²) in [6.07, 6.45) is 1.90. The summed E-state index contributed by atoms with van der Waals surface area (Å²) in [5.41, 5.74) is 2.07. The molecule has 2 aromatic carbocycles. The maximum Gasteiger partial charge on any atom is 0.486 e. The molecule has 2 heterocycles. The summed E-state index contributed by atoms with van der Waals surface area (Å²) in [7, 11) is -0.375. The highest BCUT2D eigenvalue weighted by Crippen LogP contribution is 2.36. The second-order valence-corrected chi connectivity index (χ2v) is 9.77. The van der Waals surface area contributed by atoms with Crippen LogP contribution in [0.2, 0.25) is 0 Å². The topological polar surface area (TPSA) is 80.0 Å². The van der Waals surface area contributed by atoms with Crippen molar-refractivity contribution in [1.82, 2.24) is 4.98 Å². The number of nitrogens with zero attached hydrogens (tertiary/aromatic N) is 1. The Morgan fingerprint density at radius 1 is 0.889 bits per heavy atom. The highest BCUT2D eigenvalue weighted by Gasteiger charge is 2.49. The quantitative estimate of drug-likeness (QED) is 0.255. The van der Waals surface area contributed by atoms with Gasteiger partial charge in [0, 0.05) is 12.1 Å². The van der Waals surface area contributed by atoms with Gasteiger partial charge in [0.2, 0.25) is 0 Å². The number of aromatic nitrogens is 1. The molecular weight excluding hydrogens is 457 g/mol. The van der Waals surface area contributed by atoms with Gasteiger partial charge in [-0.15, -0.1) is 0 Å².